The van der Waals surface area contributed by atoms with Gasteiger partial charge in [0.1, 0.15) is 11.6 Å². The normalized spacial score (nSPS) is 16.9. The van der Waals surface area contributed by atoms with Crippen molar-refractivity contribution in [2.24, 2.45) is 5.92 Å². The Morgan fingerprint density at radius 3 is 2.86 bits per heavy atom. The van der Waals surface area contributed by atoms with E-state index in [1.807, 2.05) is 38.1 Å². The van der Waals surface area contributed by atoms with E-state index in [0.717, 1.165) is 47.7 Å². The Balaban J connectivity index is 1.77. The molecule has 1 saturated heterocycles. The molecular weight excluding hydrogens is 390 g/mol. The molecule has 3 aromatic rings. The van der Waals surface area contributed by atoms with Crippen LogP contribution >= 0.6 is 11.6 Å². The van der Waals surface area contributed by atoms with Crippen LogP contribution in [0.15, 0.2) is 30.5 Å². The van der Waals surface area contributed by atoms with Crippen molar-refractivity contribution in [3.8, 4) is 5.69 Å². The lowest BCUT2D eigenvalue weighted by atomic mass is 9.98. The van der Waals surface area contributed by atoms with E-state index in [9.17, 15) is 4.79 Å². The first kappa shape index (κ1) is 19.6. The number of aromatic nitrogens is 4. The zero-order chi connectivity index (χ0) is 20.4. The van der Waals surface area contributed by atoms with E-state index in [-0.39, 0.29) is 11.9 Å². The van der Waals surface area contributed by atoms with Crippen LogP contribution in [0, 0.1) is 5.92 Å². The summed E-state index contributed by atoms with van der Waals surface area (Å²) in [5, 5.41) is 6.01. The number of hydrogen-bond donors (Lipinski definition) is 0. The average molecular weight is 414 g/mol. The largest absolute Gasteiger partial charge is 0.466 e. The first-order valence-corrected chi connectivity index (χ1v) is 10.4. The number of fused-ring (bicyclic) bond motifs is 1. The Morgan fingerprint density at radius 1 is 1.28 bits per heavy atom. The van der Waals surface area contributed by atoms with Crippen molar-refractivity contribution in [3.05, 3.63) is 41.3 Å². The lowest BCUT2D eigenvalue weighted by Crippen LogP contribution is -2.40. The second-order valence-electron chi connectivity index (χ2n) is 7.10. The van der Waals surface area contributed by atoms with Crippen molar-refractivity contribution < 1.29 is 9.53 Å². The number of hydrogen-bond acceptors (Lipinski definition) is 6. The van der Waals surface area contributed by atoms with Crippen molar-refractivity contribution in [2.75, 3.05) is 24.6 Å². The van der Waals surface area contributed by atoms with E-state index in [4.69, 9.17) is 26.3 Å². The second kappa shape index (κ2) is 8.37. The molecule has 0 bridgehead atoms. The maximum Gasteiger partial charge on any atom is 0.310 e. The first-order chi connectivity index (χ1) is 14.1. The molecule has 3 heterocycles. The number of piperidine rings is 1. The molecule has 1 fully saturated rings. The van der Waals surface area contributed by atoms with E-state index in [2.05, 4.69) is 10.00 Å². The van der Waals surface area contributed by atoms with E-state index < -0.39 is 0 Å². The molecule has 0 N–H and O–H groups in total. The van der Waals surface area contributed by atoms with Gasteiger partial charge in [-0.15, -0.1) is 0 Å². The molecule has 0 unspecified atom stereocenters. The van der Waals surface area contributed by atoms with Gasteiger partial charge in [-0.2, -0.15) is 5.10 Å². The van der Waals surface area contributed by atoms with Crippen LogP contribution in [-0.4, -0.2) is 45.4 Å². The van der Waals surface area contributed by atoms with Gasteiger partial charge in [-0.1, -0.05) is 30.7 Å². The zero-order valence-electron chi connectivity index (χ0n) is 16.6. The molecular formula is C21H24ClN5O2. The summed E-state index contributed by atoms with van der Waals surface area (Å²) < 4.78 is 7.00. The number of benzene rings is 1. The SMILES string of the molecule is CCOC(=O)[C@@H]1CCCN(c2nc(CC)nc3c2cnn3-c2ccccc2Cl)C1. The Kier molecular flexibility index (Phi) is 5.67. The van der Waals surface area contributed by atoms with Gasteiger partial charge >= 0.3 is 5.97 Å². The molecule has 29 heavy (non-hydrogen) atoms. The highest BCUT2D eigenvalue weighted by atomic mass is 35.5. The lowest BCUT2D eigenvalue weighted by Gasteiger charge is -2.32. The smallest absolute Gasteiger partial charge is 0.310 e. The van der Waals surface area contributed by atoms with Crippen molar-refractivity contribution in [3.63, 3.8) is 0 Å². The molecule has 4 rings (SSSR count). The summed E-state index contributed by atoms with van der Waals surface area (Å²) in [6.07, 6.45) is 4.23. The predicted molar refractivity (Wildman–Crippen MR) is 113 cm³/mol. The number of rotatable bonds is 5. The zero-order valence-corrected chi connectivity index (χ0v) is 17.4. The molecule has 0 amide bonds. The van der Waals surface area contributed by atoms with Crippen LogP contribution < -0.4 is 4.90 Å². The van der Waals surface area contributed by atoms with Gasteiger partial charge in [0.2, 0.25) is 0 Å². The minimum absolute atomic E-state index is 0.134. The third-order valence-corrected chi connectivity index (χ3v) is 5.51. The first-order valence-electron chi connectivity index (χ1n) is 10.0. The third kappa shape index (κ3) is 3.79. The number of esters is 1. The summed E-state index contributed by atoms with van der Waals surface area (Å²) in [5.74, 6) is 1.28. The van der Waals surface area contributed by atoms with E-state index >= 15 is 0 Å². The summed E-state index contributed by atoms with van der Waals surface area (Å²) in [5.41, 5.74) is 1.50. The third-order valence-electron chi connectivity index (χ3n) is 5.19. The van der Waals surface area contributed by atoms with Crippen LogP contribution in [0.1, 0.15) is 32.5 Å². The second-order valence-corrected chi connectivity index (χ2v) is 7.51. The molecule has 0 radical (unpaired) electrons. The average Bonchev–Trinajstić information content (AvgIpc) is 3.17. The monoisotopic (exact) mass is 413 g/mol. The van der Waals surface area contributed by atoms with Gasteiger partial charge in [0.15, 0.2) is 5.65 Å². The Hall–Kier alpha value is -2.67. The van der Waals surface area contributed by atoms with Gasteiger partial charge < -0.3 is 9.64 Å². The van der Waals surface area contributed by atoms with E-state index in [1.165, 1.54) is 0 Å². The molecule has 1 aliphatic rings. The lowest BCUT2D eigenvalue weighted by molar-refractivity contribution is -0.148. The molecule has 0 saturated carbocycles. The van der Waals surface area contributed by atoms with Crippen LogP contribution in [-0.2, 0) is 16.0 Å². The maximum absolute atomic E-state index is 12.3. The van der Waals surface area contributed by atoms with Crippen molar-refractivity contribution >= 4 is 34.4 Å². The van der Waals surface area contributed by atoms with Gasteiger partial charge in [0.05, 0.1) is 34.8 Å². The van der Waals surface area contributed by atoms with Gasteiger partial charge in [0.25, 0.3) is 0 Å². The summed E-state index contributed by atoms with van der Waals surface area (Å²) in [6.45, 7) is 5.69. The fraction of sp³-hybridized carbons (Fsp3) is 0.429. The summed E-state index contributed by atoms with van der Waals surface area (Å²) >= 11 is 6.40. The quantitative estimate of drug-likeness (QED) is 0.592. The summed E-state index contributed by atoms with van der Waals surface area (Å²) in [6, 6.07) is 7.56. The molecule has 8 heteroatoms. The Labute approximate surface area is 174 Å². The van der Waals surface area contributed by atoms with Crippen molar-refractivity contribution in [2.45, 2.75) is 33.1 Å². The van der Waals surface area contributed by atoms with E-state index in [1.54, 1.807) is 10.9 Å². The predicted octanol–water partition coefficient (Wildman–Crippen LogP) is 3.81. The van der Waals surface area contributed by atoms with E-state index in [0.29, 0.717) is 24.6 Å². The van der Waals surface area contributed by atoms with Crippen LogP contribution in [0.2, 0.25) is 5.02 Å². The molecule has 1 aromatic carbocycles. The number of carbonyl (C=O) groups excluding carboxylic acids is 1. The highest BCUT2D eigenvalue weighted by Crippen LogP contribution is 2.31. The van der Waals surface area contributed by atoms with Crippen LogP contribution in [0.4, 0.5) is 5.82 Å². The number of para-hydroxylation sites is 1. The van der Waals surface area contributed by atoms with Crippen LogP contribution in [0.5, 0.6) is 0 Å². The van der Waals surface area contributed by atoms with Gasteiger partial charge in [-0.3, -0.25) is 4.79 Å². The van der Waals surface area contributed by atoms with Gasteiger partial charge in [0, 0.05) is 19.5 Å². The highest BCUT2D eigenvalue weighted by Gasteiger charge is 2.29. The minimum atomic E-state index is -0.141. The molecule has 0 spiro atoms. The minimum Gasteiger partial charge on any atom is -0.466 e. The Morgan fingerprint density at radius 2 is 2.10 bits per heavy atom. The van der Waals surface area contributed by atoms with Crippen molar-refractivity contribution in [1.29, 1.82) is 0 Å². The summed E-state index contributed by atoms with van der Waals surface area (Å²) in [4.78, 5) is 23.9. The number of aryl methyl sites for hydroxylation is 1. The molecule has 0 aliphatic carbocycles. The molecule has 2 aromatic heterocycles. The fourth-order valence-electron chi connectivity index (χ4n) is 3.76. The fourth-order valence-corrected chi connectivity index (χ4v) is 3.97. The maximum atomic E-state index is 12.3. The number of carbonyl (C=O) groups is 1. The molecule has 152 valence electrons. The van der Waals surface area contributed by atoms with Crippen LogP contribution in [0.25, 0.3) is 16.7 Å². The number of anilines is 1. The van der Waals surface area contributed by atoms with Crippen LogP contribution in [0.3, 0.4) is 0 Å². The molecule has 1 atom stereocenters. The molecule has 7 nitrogen and oxygen atoms in total. The number of ether oxygens (including phenoxy) is 1. The highest BCUT2D eigenvalue weighted by molar-refractivity contribution is 6.32. The number of halogens is 1. The number of nitrogens with zero attached hydrogens (tertiary/aromatic N) is 5. The molecule has 1 aliphatic heterocycles. The summed E-state index contributed by atoms with van der Waals surface area (Å²) in [7, 11) is 0. The van der Waals surface area contributed by atoms with Gasteiger partial charge in [-0.25, -0.2) is 14.6 Å². The van der Waals surface area contributed by atoms with Gasteiger partial charge in [-0.05, 0) is 31.9 Å². The standard InChI is InChI=1S/C21H24ClN5O2/c1-3-18-24-19(26-11-7-8-14(13-26)21(28)29-4-2)15-12-23-27(20(15)25-18)17-10-6-5-9-16(17)22/h5-6,9-10,12,14H,3-4,7-8,11,13H2,1-2H3/t14-/m1/s1. The van der Waals surface area contributed by atoms with Crippen molar-refractivity contribution in [1.82, 2.24) is 19.7 Å². The Bertz CT molecular complexity index is 1040. The topological polar surface area (TPSA) is 73.1 Å².